The molecule has 120 valence electrons. The average molecular weight is 312 g/mol. The van der Waals surface area contributed by atoms with Gasteiger partial charge in [0, 0.05) is 13.0 Å². The lowest BCUT2D eigenvalue weighted by atomic mass is 9.88. The van der Waals surface area contributed by atoms with Gasteiger partial charge in [-0.15, -0.1) is 0 Å². The fraction of sp³-hybridized carbons (Fsp3) is 0.333. The summed E-state index contributed by atoms with van der Waals surface area (Å²) in [4.78, 5) is 23.8. The summed E-state index contributed by atoms with van der Waals surface area (Å²) in [6.07, 6.45) is 4.81. The molecule has 0 bridgehead atoms. The topological polar surface area (TPSA) is 71.3 Å². The van der Waals surface area contributed by atoms with Crippen LogP contribution in [0.15, 0.2) is 47.1 Å². The Morgan fingerprint density at radius 3 is 2.87 bits per heavy atom. The molecular formula is C18H20N2O3. The minimum atomic E-state index is -0.300. The number of hydrogen-bond donors (Lipinski definition) is 2. The zero-order valence-corrected chi connectivity index (χ0v) is 12.9. The zero-order valence-electron chi connectivity index (χ0n) is 12.9. The van der Waals surface area contributed by atoms with Gasteiger partial charge in [0.15, 0.2) is 5.76 Å². The van der Waals surface area contributed by atoms with Crippen LogP contribution in [0.5, 0.6) is 0 Å². The minimum absolute atomic E-state index is 0.0496. The quantitative estimate of drug-likeness (QED) is 0.891. The van der Waals surface area contributed by atoms with Gasteiger partial charge in [0.1, 0.15) is 0 Å². The van der Waals surface area contributed by atoms with E-state index in [1.807, 2.05) is 12.1 Å². The van der Waals surface area contributed by atoms with E-state index in [-0.39, 0.29) is 30.0 Å². The third-order valence-electron chi connectivity index (χ3n) is 4.09. The summed E-state index contributed by atoms with van der Waals surface area (Å²) in [7, 11) is 0. The van der Waals surface area contributed by atoms with Crippen molar-refractivity contribution >= 4 is 11.8 Å². The van der Waals surface area contributed by atoms with E-state index in [0.717, 1.165) is 19.3 Å². The van der Waals surface area contributed by atoms with Gasteiger partial charge in [-0.2, -0.15) is 0 Å². The molecule has 2 aromatic rings. The Kier molecular flexibility index (Phi) is 4.76. The van der Waals surface area contributed by atoms with Crippen molar-refractivity contribution in [3.8, 4) is 0 Å². The second kappa shape index (κ2) is 7.13. The van der Waals surface area contributed by atoms with Crippen molar-refractivity contribution in [2.24, 2.45) is 0 Å². The SMILES string of the molecule is O=C(CCNC(=O)c1ccco1)N[C@@H]1CCCc2ccccc21. The summed E-state index contributed by atoms with van der Waals surface area (Å²) in [5.74, 6) is -0.0936. The molecule has 1 aromatic carbocycles. The molecule has 1 aromatic heterocycles. The van der Waals surface area contributed by atoms with E-state index in [2.05, 4.69) is 22.8 Å². The van der Waals surface area contributed by atoms with Gasteiger partial charge in [0.05, 0.1) is 12.3 Å². The number of rotatable bonds is 5. The molecule has 0 aliphatic heterocycles. The maximum atomic E-state index is 12.1. The van der Waals surface area contributed by atoms with E-state index in [0.29, 0.717) is 6.54 Å². The molecule has 1 atom stereocenters. The summed E-state index contributed by atoms with van der Waals surface area (Å²) in [6.45, 7) is 0.291. The van der Waals surface area contributed by atoms with Gasteiger partial charge < -0.3 is 15.1 Å². The van der Waals surface area contributed by atoms with Crippen LogP contribution in [-0.4, -0.2) is 18.4 Å². The van der Waals surface area contributed by atoms with Crippen molar-refractivity contribution in [2.45, 2.75) is 31.7 Å². The Labute approximate surface area is 135 Å². The van der Waals surface area contributed by atoms with Gasteiger partial charge in [-0.05, 0) is 42.5 Å². The lowest BCUT2D eigenvalue weighted by molar-refractivity contribution is -0.121. The second-order valence-corrected chi connectivity index (χ2v) is 5.69. The highest BCUT2D eigenvalue weighted by molar-refractivity contribution is 5.91. The molecule has 1 aliphatic rings. The summed E-state index contributed by atoms with van der Waals surface area (Å²) < 4.78 is 5.00. The Balaban J connectivity index is 1.48. The van der Waals surface area contributed by atoms with E-state index in [1.54, 1.807) is 12.1 Å². The lowest BCUT2D eigenvalue weighted by Crippen LogP contribution is -2.34. The zero-order chi connectivity index (χ0) is 16.1. The van der Waals surface area contributed by atoms with E-state index in [1.165, 1.54) is 17.4 Å². The highest BCUT2D eigenvalue weighted by Gasteiger charge is 2.21. The van der Waals surface area contributed by atoms with Crippen LogP contribution in [0.25, 0.3) is 0 Å². The Bertz CT molecular complexity index is 679. The number of aryl methyl sites for hydroxylation is 1. The summed E-state index contributed by atoms with van der Waals surface area (Å²) >= 11 is 0. The molecule has 0 saturated heterocycles. The first-order valence-corrected chi connectivity index (χ1v) is 7.93. The maximum absolute atomic E-state index is 12.1. The largest absolute Gasteiger partial charge is 0.459 e. The first-order valence-electron chi connectivity index (χ1n) is 7.93. The highest BCUT2D eigenvalue weighted by Crippen LogP contribution is 2.29. The number of furan rings is 1. The summed E-state index contributed by atoms with van der Waals surface area (Å²) in [6, 6.07) is 11.6. The number of fused-ring (bicyclic) bond motifs is 1. The Morgan fingerprint density at radius 2 is 2.04 bits per heavy atom. The van der Waals surface area contributed by atoms with Crippen molar-refractivity contribution in [1.29, 1.82) is 0 Å². The molecule has 0 radical (unpaired) electrons. The van der Waals surface area contributed by atoms with Crippen molar-refractivity contribution < 1.29 is 14.0 Å². The molecule has 2 N–H and O–H groups in total. The highest BCUT2D eigenvalue weighted by atomic mass is 16.3. The van der Waals surface area contributed by atoms with E-state index < -0.39 is 0 Å². The first-order chi connectivity index (χ1) is 11.2. The normalized spacial score (nSPS) is 16.4. The van der Waals surface area contributed by atoms with Gasteiger partial charge >= 0.3 is 0 Å². The van der Waals surface area contributed by atoms with Crippen LogP contribution >= 0.6 is 0 Å². The van der Waals surface area contributed by atoms with Crippen LogP contribution in [0.1, 0.15) is 47.0 Å². The van der Waals surface area contributed by atoms with Crippen molar-refractivity contribution in [2.75, 3.05) is 6.54 Å². The van der Waals surface area contributed by atoms with E-state index in [4.69, 9.17) is 4.42 Å². The van der Waals surface area contributed by atoms with E-state index >= 15 is 0 Å². The van der Waals surface area contributed by atoms with Gasteiger partial charge in [-0.25, -0.2) is 0 Å². The van der Waals surface area contributed by atoms with Gasteiger partial charge in [0.2, 0.25) is 5.91 Å². The molecule has 5 nitrogen and oxygen atoms in total. The smallest absolute Gasteiger partial charge is 0.286 e. The van der Waals surface area contributed by atoms with Gasteiger partial charge in [-0.3, -0.25) is 9.59 Å². The lowest BCUT2D eigenvalue weighted by Gasteiger charge is -2.26. The Hall–Kier alpha value is -2.56. The maximum Gasteiger partial charge on any atom is 0.286 e. The van der Waals surface area contributed by atoms with Crippen LogP contribution in [0.4, 0.5) is 0 Å². The average Bonchev–Trinajstić information content (AvgIpc) is 3.10. The molecule has 5 heteroatoms. The third kappa shape index (κ3) is 3.80. The predicted molar refractivity (Wildman–Crippen MR) is 85.9 cm³/mol. The Morgan fingerprint density at radius 1 is 1.17 bits per heavy atom. The minimum Gasteiger partial charge on any atom is -0.459 e. The second-order valence-electron chi connectivity index (χ2n) is 5.69. The number of carbonyl (C=O) groups is 2. The molecule has 0 unspecified atom stereocenters. The molecular weight excluding hydrogens is 292 g/mol. The van der Waals surface area contributed by atoms with Crippen LogP contribution in [0.3, 0.4) is 0 Å². The number of hydrogen-bond acceptors (Lipinski definition) is 3. The standard InChI is InChI=1S/C18H20N2O3/c21-17(10-11-19-18(22)16-9-4-12-23-16)20-15-8-3-6-13-5-1-2-7-14(13)15/h1-2,4-5,7,9,12,15H,3,6,8,10-11H2,(H,19,22)(H,20,21)/t15-/m1/s1. The predicted octanol–water partition coefficient (Wildman–Crippen LogP) is 2.59. The molecule has 0 spiro atoms. The van der Waals surface area contributed by atoms with Gasteiger partial charge in [0.25, 0.3) is 5.91 Å². The third-order valence-corrected chi connectivity index (χ3v) is 4.09. The van der Waals surface area contributed by atoms with E-state index in [9.17, 15) is 9.59 Å². The van der Waals surface area contributed by atoms with Gasteiger partial charge in [-0.1, -0.05) is 24.3 Å². The summed E-state index contributed by atoms with van der Waals surface area (Å²) in [5, 5.41) is 5.75. The van der Waals surface area contributed by atoms with Crippen molar-refractivity contribution in [1.82, 2.24) is 10.6 Å². The fourth-order valence-electron chi connectivity index (χ4n) is 2.95. The molecule has 0 saturated carbocycles. The number of benzene rings is 1. The number of nitrogens with one attached hydrogen (secondary N) is 2. The van der Waals surface area contributed by atoms with Crippen molar-refractivity contribution in [3.63, 3.8) is 0 Å². The molecule has 3 rings (SSSR count). The van der Waals surface area contributed by atoms with Crippen LogP contribution in [-0.2, 0) is 11.2 Å². The molecule has 1 heterocycles. The van der Waals surface area contributed by atoms with Crippen LogP contribution in [0, 0.1) is 0 Å². The summed E-state index contributed by atoms with van der Waals surface area (Å²) in [5.41, 5.74) is 2.53. The molecule has 0 fully saturated rings. The van der Waals surface area contributed by atoms with Crippen LogP contribution < -0.4 is 10.6 Å². The monoisotopic (exact) mass is 312 g/mol. The fourth-order valence-corrected chi connectivity index (χ4v) is 2.95. The number of carbonyl (C=O) groups excluding carboxylic acids is 2. The van der Waals surface area contributed by atoms with Crippen molar-refractivity contribution in [3.05, 3.63) is 59.5 Å². The number of amides is 2. The molecule has 23 heavy (non-hydrogen) atoms. The molecule has 2 amide bonds. The molecule has 1 aliphatic carbocycles. The van der Waals surface area contributed by atoms with Crippen LogP contribution in [0.2, 0.25) is 0 Å². The first kappa shape index (κ1) is 15.3.